The van der Waals surface area contributed by atoms with E-state index in [1.165, 1.54) is 12.0 Å². The van der Waals surface area contributed by atoms with Crippen LogP contribution in [0.2, 0.25) is 0 Å². The predicted octanol–water partition coefficient (Wildman–Crippen LogP) is 2.54. The van der Waals surface area contributed by atoms with E-state index in [9.17, 15) is 0 Å². The Labute approximate surface area is 112 Å². The fourth-order valence-electron chi connectivity index (χ4n) is 2.17. The van der Waals surface area contributed by atoms with Gasteiger partial charge >= 0.3 is 0 Å². The maximum absolute atomic E-state index is 4.07. The normalized spacial score (nSPS) is 14.7. The summed E-state index contributed by atoms with van der Waals surface area (Å²) >= 11 is 0. The van der Waals surface area contributed by atoms with Crippen molar-refractivity contribution in [3.8, 4) is 0 Å². The van der Waals surface area contributed by atoms with Gasteiger partial charge in [-0.2, -0.15) is 0 Å². The van der Waals surface area contributed by atoms with E-state index in [1.807, 2.05) is 12.4 Å². The van der Waals surface area contributed by atoms with Crippen LogP contribution in [0, 0.1) is 5.92 Å². The topological polar surface area (TPSA) is 28.2 Å². The number of nitrogens with one attached hydrogen (secondary N) is 1. The number of nitrogens with zero attached hydrogens (tertiary/aromatic N) is 2. The van der Waals surface area contributed by atoms with Gasteiger partial charge in [0.15, 0.2) is 0 Å². The first kappa shape index (κ1) is 15.1. The monoisotopic (exact) mass is 249 g/mol. The van der Waals surface area contributed by atoms with Crippen LogP contribution < -0.4 is 5.32 Å². The molecule has 2 atom stereocenters. The van der Waals surface area contributed by atoms with Gasteiger partial charge in [0.05, 0.1) is 0 Å². The van der Waals surface area contributed by atoms with E-state index in [0.29, 0.717) is 12.0 Å². The number of rotatable bonds is 8. The average molecular weight is 249 g/mol. The number of aromatic nitrogens is 1. The molecule has 1 aromatic heterocycles. The van der Waals surface area contributed by atoms with Gasteiger partial charge in [-0.25, -0.2) is 0 Å². The molecule has 102 valence electrons. The Kier molecular flexibility index (Phi) is 6.91. The van der Waals surface area contributed by atoms with Crippen molar-refractivity contribution in [2.45, 2.75) is 39.8 Å². The van der Waals surface area contributed by atoms with Crippen LogP contribution >= 0.6 is 0 Å². The molecule has 1 N–H and O–H groups in total. The molecule has 0 aromatic carbocycles. The van der Waals surface area contributed by atoms with E-state index >= 15 is 0 Å². The summed E-state index contributed by atoms with van der Waals surface area (Å²) in [5.41, 5.74) is 1.34. The standard InChI is InChI=1S/C15H27N3/c1-5-13(3)15(16-4)12-18(6-2)11-14-7-9-17-10-8-14/h7-10,13,15-16H,5-6,11-12H2,1-4H3. The first-order chi connectivity index (χ1) is 8.71. The van der Waals surface area contributed by atoms with Crippen molar-refractivity contribution in [1.29, 1.82) is 0 Å². The van der Waals surface area contributed by atoms with Crippen LogP contribution in [-0.2, 0) is 6.54 Å². The lowest BCUT2D eigenvalue weighted by atomic mass is 9.98. The van der Waals surface area contributed by atoms with Crippen molar-refractivity contribution in [2.24, 2.45) is 5.92 Å². The highest BCUT2D eigenvalue weighted by atomic mass is 15.1. The van der Waals surface area contributed by atoms with Crippen molar-refractivity contribution in [3.63, 3.8) is 0 Å². The number of pyridine rings is 1. The second-order valence-corrected chi connectivity index (χ2v) is 4.96. The lowest BCUT2D eigenvalue weighted by Gasteiger charge is -2.29. The Bertz CT molecular complexity index is 313. The van der Waals surface area contributed by atoms with E-state index in [-0.39, 0.29) is 0 Å². The molecule has 2 unspecified atom stereocenters. The molecule has 0 radical (unpaired) electrons. The molecule has 0 bridgehead atoms. The minimum absolute atomic E-state index is 0.566. The first-order valence-electron chi connectivity index (χ1n) is 6.99. The lowest BCUT2D eigenvalue weighted by Crippen LogP contribution is -2.43. The van der Waals surface area contributed by atoms with Crippen molar-refractivity contribution in [2.75, 3.05) is 20.1 Å². The minimum Gasteiger partial charge on any atom is -0.315 e. The smallest absolute Gasteiger partial charge is 0.0271 e. The maximum atomic E-state index is 4.07. The SMILES string of the molecule is CCC(C)C(CN(CC)Cc1ccncc1)NC. The molecule has 0 aliphatic heterocycles. The van der Waals surface area contributed by atoms with Crippen molar-refractivity contribution in [1.82, 2.24) is 15.2 Å². The highest BCUT2D eigenvalue weighted by molar-refractivity contribution is 5.09. The van der Waals surface area contributed by atoms with Crippen molar-refractivity contribution >= 4 is 0 Å². The van der Waals surface area contributed by atoms with Gasteiger partial charge in [-0.15, -0.1) is 0 Å². The highest BCUT2D eigenvalue weighted by Crippen LogP contribution is 2.11. The molecule has 3 nitrogen and oxygen atoms in total. The minimum atomic E-state index is 0.566. The summed E-state index contributed by atoms with van der Waals surface area (Å²) in [6.07, 6.45) is 4.96. The predicted molar refractivity (Wildman–Crippen MR) is 77.5 cm³/mol. The molecular formula is C15H27N3. The van der Waals surface area contributed by atoms with Gasteiger partial charge in [-0.05, 0) is 37.2 Å². The zero-order valence-corrected chi connectivity index (χ0v) is 12.2. The quantitative estimate of drug-likeness (QED) is 0.767. The van der Waals surface area contributed by atoms with Crippen LogP contribution in [0.15, 0.2) is 24.5 Å². The van der Waals surface area contributed by atoms with Gasteiger partial charge in [-0.1, -0.05) is 27.2 Å². The van der Waals surface area contributed by atoms with Gasteiger partial charge in [0.25, 0.3) is 0 Å². The molecule has 18 heavy (non-hydrogen) atoms. The summed E-state index contributed by atoms with van der Waals surface area (Å²) in [5.74, 6) is 0.710. The molecule has 0 aliphatic rings. The van der Waals surface area contributed by atoms with E-state index < -0.39 is 0 Å². The van der Waals surface area contributed by atoms with Crippen molar-refractivity contribution in [3.05, 3.63) is 30.1 Å². The Morgan fingerprint density at radius 2 is 1.94 bits per heavy atom. The van der Waals surface area contributed by atoms with Crippen LogP contribution in [0.3, 0.4) is 0 Å². The second kappa shape index (κ2) is 8.22. The van der Waals surface area contributed by atoms with E-state index in [0.717, 1.165) is 19.6 Å². The fourth-order valence-corrected chi connectivity index (χ4v) is 2.17. The van der Waals surface area contributed by atoms with Crippen LogP contribution in [0.1, 0.15) is 32.8 Å². The van der Waals surface area contributed by atoms with E-state index in [4.69, 9.17) is 0 Å². The summed E-state index contributed by atoms with van der Waals surface area (Å²) < 4.78 is 0. The molecule has 0 saturated carbocycles. The van der Waals surface area contributed by atoms with Gasteiger partial charge in [0.1, 0.15) is 0 Å². The van der Waals surface area contributed by atoms with Crippen molar-refractivity contribution < 1.29 is 0 Å². The molecule has 1 rings (SSSR count). The number of hydrogen-bond donors (Lipinski definition) is 1. The third-order valence-electron chi connectivity index (χ3n) is 3.76. The van der Waals surface area contributed by atoms with Crippen LogP contribution in [0.5, 0.6) is 0 Å². The molecule has 0 fully saturated rings. The van der Waals surface area contributed by atoms with Crippen LogP contribution in [-0.4, -0.2) is 36.1 Å². The maximum Gasteiger partial charge on any atom is 0.0271 e. The average Bonchev–Trinajstić information content (AvgIpc) is 2.43. The third kappa shape index (κ3) is 4.75. The van der Waals surface area contributed by atoms with Crippen LogP contribution in [0.4, 0.5) is 0 Å². The summed E-state index contributed by atoms with van der Waals surface area (Å²) in [4.78, 5) is 6.55. The van der Waals surface area contributed by atoms with E-state index in [2.05, 4.69) is 55.2 Å². The zero-order chi connectivity index (χ0) is 13.4. The molecule has 3 heteroatoms. The Morgan fingerprint density at radius 1 is 1.28 bits per heavy atom. The summed E-state index contributed by atoms with van der Waals surface area (Å²) in [7, 11) is 2.07. The van der Waals surface area contributed by atoms with Gasteiger partial charge < -0.3 is 5.32 Å². The van der Waals surface area contributed by atoms with Gasteiger partial charge in [0.2, 0.25) is 0 Å². The largest absolute Gasteiger partial charge is 0.315 e. The van der Waals surface area contributed by atoms with Crippen LogP contribution in [0.25, 0.3) is 0 Å². The molecule has 0 aliphatic carbocycles. The number of likely N-dealkylation sites (N-methyl/N-ethyl adjacent to an activating group) is 2. The number of hydrogen-bond acceptors (Lipinski definition) is 3. The summed E-state index contributed by atoms with van der Waals surface area (Å²) in [6.45, 7) is 10.00. The summed E-state index contributed by atoms with van der Waals surface area (Å²) in [5, 5.41) is 3.45. The van der Waals surface area contributed by atoms with E-state index in [1.54, 1.807) is 0 Å². The first-order valence-corrected chi connectivity index (χ1v) is 6.99. The Balaban J connectivity index is 2.55. The molecule has 1 heterocycles. The third-order valence-corrected chi connectivity index (χ3v) is 3.76. The molecule has 1 aromatic rings. The summed E-state index contributed by atoms with van der Waals surface area (Å²) in [6, 6.07) is 4.76. The van der Waals surface area contributed by atoms with Gasteiger partial charge in [0, 0.05) is 31.5 Å². The fraction of sp³-hybridized carbons (Fsp3) is 0.667. The second-order valence-electron chi connectivity index (χ2n) is 4.96. The molecule has 0 saturated heterocycles. The Morgan fingerprint density at radius 3 is 2.44 bits per heavy atom. The highest BCUT2D eigenvalue weighted by Gasteiger charge is 2.16. The van der Waals surface area contributed by atoms with Gasteiger partial charge in [-0.3, -0.25) is 9.88 Å². The molecule has 0 amide bonds. The Hall–Kier alpha value is -0.930. The lowest BCUT2D eigenvalue weighted by molar-refractivity contribution is 0.217. The zero-order valence-electron chi connectivity index (χ0n) is 12.2. The molecular weight excluding hydrogens is 222 g/mol. The molecule has 0 spiro atoms.